The molecule has 16 heteroatoms. The second-order valence-electron chi connectivity index (χ2n) is 12.4. The van der Waals surface area contributed by atoms with Gasteiger partial charge in [-0.3, -0.25) is 9.59 Å². The van der Waals surface area contributed by atoms with E-state index in [9.17, 15) is 65.1 Å². The second kappa shape index (κ2) is 17.3. The molecule has 1 aliphatic rings. The van der Waals surface area contributed by atoms with E-state index < -0.39 is 107 Å². The number of carbonyl (C=O) groups is 4. The van der Waals surface area contributed by atoms with Crippen LogP contribution in [-0.2, 0) is 41.5 Å². The third kappa shape index (κ3) is 9.40. The van der Waals surface area contributed by atoms with Gasteiger partial charge in [-0.05, 0) is 70.6 Å². The number of rotatable bonds is 13. The smallest absolute Gasteiger partial charge is 0.345 e. The molecule has 292 valence electrons. The van der Waals surface area contributed by atoms with Crippen molar-refractivity contribution >= 4 is 23.9 Å². The fourth-order valence-electron chi connectivity index (χ4n) is 6.00. The molecule has 0 bridgehead atoms. The van der Waals surface area contributed by atoms with Crippen LogP contribution in [0.25, 0.3) is 0 Å². The van der Waals surface area contributed by atoms with Crippen LogP contribution in [0.5, 0.6) is 46.0 Å². The summed E-state index contributed by atoms with van der Waals surface area (Å²) < 4.78 is 16.8. The summed E-state index contributed by atoms with van der Waals surface area (Å²) in [6, 6.07) is 13.3. The minimum absolute atomic E-state index is 0.00589. The summed E-state index contributed by atoms with van der Waals surface area (Å²) in [4.78, 5) is 51.5. The number of carboxylic acid groups (broad SMARTS) is 2. The molecule has 0 aromatic heterocycles. The first-order chi connectivity index (χ1) is 26.0. The van der Waals surface area contributed by atoms with Gasteiger partial charge in [-0.25, -0.2) is 9.59 Å². The molecule has 0 saturated carbocycles. The molecule has 0 aliphatic carbocycles. The molecular weight excluding hydrogens is 724 g/mol. The quantitative estimate of drug-likeness (QED) is 0.0650. The number of hydrogen-bond donors (Lipinski definition) is 9. The van der Waals surface area contributed by atoms with E-state index >= 15 is 0 Å². The molecule has 1 aliphatic heterocycles. The van der Waals surface area contributed by atoms with Crippen molar-refractivity contribution in [2.45, 2.75) is 70.2 Å². The Bertz CT molecular complexity index is 2080. The number of fused-ring (bicyclic) bond motifs is 1. The van der Waals surface area contributed by atoms with Gasteiger partial charge in [0.05, 0.1) is 6.42 Å². The van der Waals surface area contributed by atoms with Crippen molar-refractivity contribution in [3.05, 3.63) is 94.5 Å². The number of aromatic hydroxyl groups is 7. The van der Waals surface area contributed by atoms with Gasteiger partial charge in [0, 0.05) is 18.4 Å². The van der Waals surface area contributed by atoms with Crippen molar-refractivity contribution in [1.82, 2.24) is 0 Å². The van der Waals surface area contributed by atoms with Crippen LogP contribution in [0.1, 0.15) is 72.9 Å². The highest BCUT2D eigenvalue weighted by Gasteiger charge is 2.46. The minimum Gasteiger partial charge on any atom is -0.504 e. The zero-order valence-corrected chi connectivity index (χ0v) is 29.7. The van der Waals surface area contributed by atoms with Gasteiger partial charge in [-0.2, -0.15) is 0 Å². The summed E-state index contributed by atoms with van der Waals surface area (Å²) in [5.41, 5.74) is 0.768. The van der Waals surface area contributed by atoms with Crippen LogP contribution in [0.3, 0.4) is 0 Å². The summed E-state index contributed by atoms with van der Waals surface area (Å²) in [5.74, 6) is -11.3. The number of carboxylic acids is 2. The van der Waals surface area contributed by atoms with E-state index in [1.165, 1.54) is 30.3 Å². The SMILES string of the molecule is CC.CC(CC(=O)OC(Cc1ccc(O)c(O)c1)C(=O)O)c1ccc(O)c2c1C(C(=O)OC(Cc1ccc(O)c(O)c1)C(=O)O)C(c1ccc(O)c(O)c1)O2. The molecule has 16 nitrogen and oxygen atoms in total. The highest BCUT2D eigenvalue weighted by molar-refractivity contribution is 5.86. The highest BCUT2D eigenvalue weighted by Crippen LogP contribution is 2.54. The Morgan fingerprint density at radius 2 is 1.11 bits per heavy atom. The maximum atomic E-state index is 14.1. The number of carbonyl (C=O) groups excluding carboxylic acids is 2. The predicted octanol–water partition coefficient (Wildman–Crippen LogP) is 4.84. The lowest BCUT2D eigenvalue weighted by atomic mass is 9.83. The largest absolute Gasteiger partial charge is 0.504 e. The average Bonchev–Trinajstić information content (AvgIpc) is 3.54. The van der Waals surface area contributed by atoms with Crippen LogP contribution in [0.15, 0.2) is 66.7 Å². The molecule has 5 unspecified atom stereocenters. The Kier molecular flexibility index (Phi) is 12.9. The van der Waals surface area contributed by atoms with E-state index in [1.807, 2.05) is 13.8 Å². The Hall–Kier alpha value is -6.84. The van der Waals surface area contributed by atoms with Crippen LogP contribution in [0, 0.1) is 0 Å². The lowest BCUT2D eigenvalue weighted by molar-refractivity contribution is -0.166. The molecular formula is C39H40O16. The summed E-state index contributed by atoms with van der Waals surface area (Å²) in [5, 5.41) is 89.6. The van der Waals surface area contributed by atoms with E-state index in [0.717, 1.165) is 36.4 Å². The second-order valence-corrected chi connectivity index (χ2v) is 12.4. The van der Waals surface area contributed by atoms with E-state index in [1.54, 1.807) is 6.92 Å². The summed E-state index contributed by atoms with van der Waals surface area (Å²) >= 11 is 0. The van der Waals surface area contributed by atoms with Gasteiger partial charge < -0.3 is 60.2 Å². The summed E-state index contributed by atoms with van der Waals surface area (Å²) in [6.07, 6.45) is -6.15. The molecule has 4 aromatic carbocycles. The number of ether oxygens (including phenoxy) is 3. The standard InChI is InChI=1S/C37H34O16.C2H6/c1-16(10-30(45)51-28(35(46)47)13-17-2-6-21(38)25(42)11-17)20-5-9-24(41)34-31(20)32(33(53-34)19-4-8-23(40)27(44)15-19)37(50)52-29(36(48)49)14-18-3-7-22(39)26(43)12-18;1-2/h2-9,11-12,15-16,28-29,32-33,38-44H,10,13-14H2,1H3,(H,46,47)(H,48,49);1-2H3. The molecule has 0 spiro atoms. The molecule has 4 aromatic rings. The molecule has 0 radical (unpaired) electrons. The van der Waals surface area contributed by atoms with Gasteiger partial charge in [0.2, 0.25) is 12.2 Å². The first-order valence-corrected chi connectivity index (χ1v) is 17.0. The number of aliphatic carboxylic acids is 2. The van der Waals surface area contributed by atoms with Crippen LogP contribution in [0.4, 0.5) is 0 Å². The van der Waals surface area contributed by atoms with Crippen molar-refractivity contribution in [1.29, 1.82) is 0 Å². The van der Waals surface area contributed by atoms with E-state index in [-0.39, 0.29) is 40.0 Å². The van der Waals surface area contributed by atoms with Crippen LogP contribution in [0.2, 0.25) is 0 Å². The van der Waals surface area contributed by atoms with Gasteiger partial charge in [-0.15, -0.1) is 0 Å². The molecule has 0 amide bonds. The molecule has 9 N–H and O–H groups in total. The molecule has 5 rings (SSSR count). The van der Waals surface area contributed by atoms with Gasteiger partial charge >= 0.3 is 23.9 Å². The molecule has 0 saturated heterocycles. The van der Waals surface area contributed by atoms with Crippen LogP contribution < -0.4 is 4.74 Å². The fourth-order valence-corrected chi connectivity index (χ4v) is 6.00. The Balaban J connectivity index is 0.00000331. The molecule has 1 heterocycles. The van der Waals surface area contributed by atoms with Gasteiger partial charge in [0.25, 0.3) is 0 Å². The van der Waals surface area contributed by atoms with Crippen molar-refractivity contribution < 1.29 is 79.3 Å². The Labute approximate surface area is 313 Å². The monoisotopic (exact) mass is 764 g/mol. The lowest BCUT2D eigenvalue weighted by Gasteiger charge is -2.23. The topological polar surface area (TPSA) is 278 Å². The average molecular weight is 765 g/mol. The van der Waals surface area contributed by atoms with Gasteiger partial charge in [-0.1, -0.05) is 45.0 Å². The number of phenols is 7. The maximum absolute atomic E-state index is 14.1. The fraction of sp³-hybridized carbons (Fsp3) is 0.282. The summed E-state index contributed by atoms with van der Waals surface area (Å²) in [6.45, 7) is 5.54. The van der Waals surface area contributed by atoms with E-state index in [4.69, 9.17) is 14.2 Å². The number of hydrogen-bond acceptors (Lipinski definition) is 14. The van der Waals surface area contributed by atoms with Gasteiger partial charge in [0.15, 0.2) is 46.0 Å². The van der Waals surface area contributed by atoms with E-state index in [0.29, 0.717) is 0 Å². The zero-order valence-electron chi connectivity index (χ0n) is 29.7. The highest BCUT2D eigenvalue weighted by atomic mass is 16.6. The number of benzene rings is 4. The van der Waals surface area contributed by atoms with Crippen LogP contribution >= 0.6 is 0 Å². The maximum Gasteiger partial charge on any atom is 0.345 e. The number of phenolic OH excluding ortho intramolecular Hbond substituents is 7. The predicted molar refractivity (Wildman–Crippen MR) is 190 cm³/mol. The van der Waals surface area contributed by atoms with Crippen molar-refractivity contribution in [2.75, 3.05) is 0 Å². The zero-order chi connectivity index (χ0) is 40.7. The number of esters is 2. The third-order valence-corrected chi connectivity index (χ3v) is 8.66. The molecule has 5 atom stereocenters. The Morgan fingerprint density at radius 1 is 0.636 bits per heavy atom. The molecule has 0 fully saturated rings. The van der Waals surface area contributed by atoms with Crippen LogP contribution in [-0.4, -0.2) is 82.0 Å². The van der Waals surface area contributed by atoms with Crippen molar-refractivity contribution in [3.63, 3.8) is 0 Å². The third-order valence-electron chi connectivity index (χ3n) is 8.66. The lowest BCUT2D eigenvalue weighted by Crippen LogP contribution is -2.33. The van der Waals surface area contributed by atoms with Gasteiger partial charge in [0.1, 0.15) is 12.0 Å². The first-order valence-electron chi connectivity index (χ1n) is 17.0. The Morgan fingerprint density at radius 3 is 1.60 bits per heavy atom. The van der Waals surface area contributed by atoms with E-state index in [2.05, 4.69) is 0 Å². The van der Waals surface area contributed by atoms with Crippen molar-refractivity contribution in [2.24, 2.45) is 0 Å². The first kappa shape index (κ1) is 40.9. The van der Waals surface area contributed by atoms with Crippen molar-refractivity contribution in [3.8, 4) is 46.0 Å². The molecule has 55 heavy (non-hydrogen) atoms. The minimum atomic E-state index is -1.83. The normalized spacial score (nSPS) is 15.9. The summed E-state index contributed by atoms with van der Waals surface area (Å²) in [7, 11) is 0.